The lowest BCUT2D eigenvalue weighted by Crippen LogP contribution is -2.07. The number of aryl methyl sites for hydroxylation is 2. The summed E-state index contributed by atoms with van der Waals surface area (Å²) in [5.41, 5.74) is 3.76. The minimum Gasteiger partial charge on any atom is -0.424 e. The number of benzene rings is 1. The molecule has 0 saturated heterocycles. The Labute approximate surface area is 145 Å². The van der Waals surface area contributed by atoms with Crippen LogP contribution in [0.1, 0.15) is 48.2 Å². The zero-order chi connectivity index (χ0) is 16.5. The van der Waals surface area contributed by atoms with Gasteiger partial charge in [-0.1, -0.05) is 30.0 Å². The number of hydrogen-bond acceptors (Lipinski definition) is 5. The number of rotatable bonds is 4. The number of thioether (sulfide) groups is 1. The largest absolute Gasteiger partial charge is 0.424 e. The number of imidazole rings is 1. The van der Waals surface area contributed by atoms with Gasteiger partial charge in [0.05, 0.1) is 10.9 Å². The molecule has 0 spiro atoms. The molecule has 1 aromatic carbocycles. The van der Waals surface area contributed by atoms with E-state index in [0.717, 1.165) is 18.0 Å². The zero-order valence-corrected chi connectivity index (χ0v) is 14.7. The van der Waals surface area contributed by atoms with Gasteiger partial charge >= 0.3 is 0 Å². The van der Waals surface area contributed by atoms with Crippen LogP contribution in [0.25, 0.3) is 5.69 Å². The monoisotopic (exact) mass is 340 g/mol. The highest BCUT2D eigenvalue weighted by atomic mass is 32.2. The van der Waals surface area contributed by atoms with E-state index in [9.17, 15) is 0 Å². The van der Waals surface area contributed by atoms with Crippen molar-refractivity contribution in [1.82, 2.24) is 19.7 Å². The van der Waals surface area contributed by atoms with E-state index in [1.807, 2.05) is 13.0 Å². The molecule has 24 heavy (non-hydrogen) atoms. The summed E-state index contributed by atoms with van der Waals surface area (Å²) in [5, 5.41) is 9.17. The molecule has 3 aromatic rings. The fourth-order valence-electron chi connectivity index (χ4n) is 3.12. The maximum Gasteiger partial charge on any atom is 0.229 e. The standard InChI is InChI=1S/C18H20N4OS/c1-12(17-21-20-13(2)23-17)24-18-19-15-10-6-7-11-16(15)22(18)14-8-4-3-5-9-14/h3-5,8-9,12H,6-7,10-11H2,1-2H3/t12-/m1/s1. The van der Waals surface area contributed by atoms with E-state index in [4.69, 9.17) is 9.40 Å². The molecule has 1 aliphatic carbocycles. The Balaban J connectivity index is 1.73. The van der Waals surface area contributed by atoms with Gasteiger partial charge in [-0.15, -0.1) is 10.2 Å². The fourth-order valence-corrected chi connectivity index (χ4v) is 4.12. The van der Waals surface area contributed by atoms with E-state index < -0.39 is 0 Å². The topological polar surface area (TPSA) is 56.7 Å². The van der Waals surface area contributed by atoms with Crippen molar-refractivity contribution in [3.63, 3.8) is 0 Å². The molecule has 1 aliphatic rings. The molecule has 124 valence electrons. The third kappa shape index (κ3) is 2.86. The van der Waals surface area contributed by atoms with E-state index in [1.54, 1.807) is 11.8 Å². The van der Waals surface area contributed by atoms with Gasteiger partial charge in [0.1, 0.15) is 0 Å². The van der Waals surface area contributed by atoms with Crippen molar-refractivity contribution in [2.75, 3.05) is 0 Å². The van der Waals surface area contributed by atoms with Crippen LogP contribution in [0.4, 0.5) is 0 Å². The first-order chi connectivity index (χ1) is 11.7. The molecule has 0 amide bonds. The van der Waals surface area contributed by atoms with E-state index in [2.05, 4.69) is 46.0 Å². The highest BCUT2D eigenvalue weighted by Gasteiger charge is 2.24. The smallest absolute Gasteiger partial charge is 0.229 e. The van der Waals surface area contributed by atoms with Crippen molar-refractivity contribution in [3.8, 4) is 5.69 Å². The summed E-state index contributed by atoms with van der Waals surface area (Å²) in [5.74, 6) is 1.25. The molecule has 0 N–H and O–H groups in total. The van der Waals surface area contributed by atoms with E-state index in [1.165, 1.54) is 29.9 Å². The molecule has 5 nitrogen and oxygen atoms in total. The van der Waals surface area contributed by atoms with Gasteiger partial charge in [-0.3, -0.25) is 4.57 Å². The summed E-state index contributed by atoms with van der Waals surface area (Å²) in [7, 11) is 0. The quantitative estimate of drug-likeness (QED) is 0.663. The minimum atomic E-state index is 0.0671. The van der Waals surface area contributed by atoms with Gasteiger partial charge in [0.15, 0.2) is 5.16 Å². The zero-order valence-electron chi connectivity index (χ0n) is 13.9. The Morgan fingerprint density at radius 2 is 1.92 bits per heavy atom. The van der Waals surface area contributed by atoms with Gasteiger partial charge in [-0.05, 0) is 44.7 Å². The lowest BCUT2D eigenvalue weighted by atomic mass is 10.0. The van der Waals surface area contributed by atoms with Gasteiger partial charge < -0.3 is 4.42 Å². The van der Waals surface area contributed by atoms with E-state index in [-0.39, 0.29) is 5.25 Å². The van der Waals surface area contributed by atoms with Crippen LogP contribution in [0.15, 0.2) is 39.9 Å². The SMILES string of the molecule is Cc1nnc([C@@H](C)Sc2nc3c(n2-c2ccccc2)CCCC3)o1. The molecule has 0 aliphatic heterocycles. The Bertz CT molecular complexity index is 840. The van der Waals surface area contributed by atoms with Gasteiger partial charge in [0.2, 0.25) is 11.8 Å². The molecule has 4 rings (SSSR count). The average molecular weight is 340 g/mol. The van der Waals surface area contributed by atoms with Crippen LogP contribution in [-0.2, 0) is 12.8 Å². The number of aromatic nitrogens is 4. The Morgan fingerprint density at radius 3 is 2.67 bits per heavy atom. The Hall–Kier alpha value is -2.08. The summed E-state index contributed by atoms with van der Waals surface area (Å²) in [6, 6.07) is 10.5. The summed E-state index contributed by atoms with van der Waals surface area (Å²) in [6.07, 6.45) is 4.61. The number of hydrogen-bond donors (Lipinski definition) is 0. The molecule has 0 unspecified atom stereocenters. The molecule has 2 aromatic heterocycles. The lowest BCUT2D eigenvalue weighted by Gasteiger charge is -2.15. The van der Waals surface area contributed by atoms with Crippen molar-refractivity contribution < 1.29 is 4.42 Å². The highest BCUT2D eigenvalue weighted by Crippen LogP contribution is 2.37. The maximum atomic E-state index is 5.59. The first-order valence-electron chi connectivity index (χ1n) is 8.35. The normalized spacial score (nSPS) is 15.2. The highest BCUT2D eigenvalue weighted by molar-refractivity contribution is 7.99. The van der Waals surface area contributed by atoms with E-state index >= 15 is 0 Å². The van der Waals surface area contributed by atoms with Crippen molar-refractivity contribution in [1.29, 1.82) is 0 Å². The third-order valence-corrected chi connectivity index (χ3v) is 5.33. The minimum absolute atomic E-state index is 0.0671. The van der Waals surface area contributed by atoms with Crippen molar-refractivity contribution in [3.05, 3.63) is 53.5 Å². The second-order valence-corrected chi connectivity index (χ2v) is 7.39. The van der Waals surface area contributed by atoms with Crippen molar-refractivity contribution >= 4 is 11.8 Å². The summed E-state index contributed by atoms with van der Waals surface area (Å²) in [4.78, 5) is 4.94. The lowest BCUT2D eigenvalue weighted by molar-refractivity contribution is 0.470. The Kier molecular flexibility index (Phi) is 4.14. The first kappa shape index (κ1) is 15.4. The van der Waals surface area contributed by atoms with Gasteiger partial charge in [0, 0.05) is 18.3 Å². The number of fused-ring (bicyclic) bond motifs is 1. The predicted octanol–water partition coefficient (Wildman–Crippen LogP) is 4.30. The van der Waals surface area contributed by atoms with Gasteiger partial charge in [-0.2, -0.15) is 0 Å². The number of nitrogens with zero attached hydrogens (tertiary/aromatic N) is 4. The van der Waals surface area contributed by atoms with Crippen LogP contribution in [0.3, 0.4) is 0 Å². The molecule has 0 bridgehead atoms. The third-order valence-electron chi connectivity index (χ3n) is 4.29. The van der Waals surface area contributed by atoms with Crippen LogP contribution in [0.5, 0.6) is 0 Å². The molecular weight excluding hydrogens is 320 g/mol. The average Bonchev–Trinajstić information content (AvgIpc) is 3.19. The maximum absolute atomic E-state index is 5.59. The van der Waals surface area contributed by atoms with Gasteiger partial charge in [0.25, 0.3) is 0 Å². The van der Waals surface area contributed by atoms with Crippen molar-refractivity contribution in [2.45, 2.75) is 49.9 Å². The summed E-state index contributed by atoms with van der Waals surface area (Å²) < 4.78 is 7.89. The van der Waals surface area contributed by atoms with Crippen molar-refractivity contribution in [2.24, 2.45) is 0 Å². The van der Waals surface area contributed by atoms with Crippen LogP contribution >= 0.6 is 11.8 Å². The predicted molar refractivity (Wildman–Crippen MR) is 93.5 cm³/mol. The first-order valence-corrected chi connectivity index (χ1v) is 9.23. The molecule has 0 fully saturated rings. The fraction of sp³-hybridized carbons (Fsp3) is 0.389. The molecule has 2 heterocycles. The number of para-hydroxylation sites is 1. The van der Waals surface area contributed by atoms with Crippen LogP contribution in [-0.4, -0.2) is 19.7 Å². The second-order valence-electron chi connectivity index (χ2n) is 6.09. The van der Waals surface area contributed by atoms with Gasteiger partial charge in [-0.25, -0.2) is 4.98 Å². The van der Waals surface area contributed by atoms with E-state index in [0.29, 0.717) is 11.8 Å². The van der Waals surface area contributed by atoms with Crippen LogP contribution in [0.2, 0.25) is 0 Å². The second kappa shape index (κ2) is 6.43. The Morgan fingerprint density at radius 1 is 1.12 bits per heavy atom. The summed E-state index contributed by atoms with van der Waals surface area (Å²) in [6.45, 7) is 3.90. The molecule has 0 saturated carbocycles. The van der Waals surface area contributed by atoms with Crippen LogP contribution in [0, 0.1) is 6.92 Å². The molecule has 1 atom stereocenters. The molecule has 0 radical (unpaired) electrons. The van der Waals surface area contributed by atoms with Crippen LogP contribution < -0.4 is 0 Å². The summed E-state index contributed by atoms with van der Waals surface area (Å²) >= 11 is 1.68. The molecular formula is C18H20N4OS. The molecule has 6 heteroatoms.